The van der Waals surface area contributed by atoms with Crippen LogP contribution in [0.3, 0.4) is 0 Å². The highest BCUT2D eigenvalue weighted by Crippen LogP contribution is 2.23. The number of aromatic nitrogens is 2. The highest BCUT2D eigenvalue weighted by Gasteiger charge is 2.21. The van der Waals surface area contributed by atoms with Crippen LogP contribution in [0.4, 0.5) is 0 Å². The van der Waals surface area contributed by atoms with Gasteiger partial charge < -0.3 is 25.3 Å². The molecule has 0 bridgehead atoms. The summed E-state index contributed by atoms with van der Waals surface area (Å²) >= 11 is 0. The van der Waals surface area contributed by atoms with E-state index in [4.69, 9.17) is 10.2 Å². The van der Waals surface area contributed by atoms with Crippen LogP contribution in [0.25, 0.3) is 21.8 Å². The standard InChI is InChI=1S/C15H8N2O8/c18-8-2-6(13(20)21)16-11-4(8)1-5-9(19)3-7(14(22)23)17-12(5)10(11)15(24)25/h1-3H,(H,16,18)(H,17,19)(H,20,21)(H,22,23)(H,24,25). The molecule has 0 aliphatic heterocycles. The minimum Gasteiger partial charge on any atom is -0.478 e. The van der Waals surface area contributed by atoms with Crippen LogP contribution in [0, 0.1) is 0 Å². The van der Waals surface area contributed by atoms with Crippen LogP contribution in [0.2, 0.25) is 0 Å². The van der Waals surface area contributed by atoms with Crippen molar-refractivity contribution in [2.45, 2.75) is 0 Å². The summed E-state index contributed by atoms with van der Waals surface area (Å²) in [7, 11) is 0. The number of carbonyl (C=O) groups is 3. The van der Waals surface area contributed by atoms with Crippen LogP contribution in [0.5, 0.6) is 0 Å². The maximum Gasteiger partial charge on any atom is 0.352 e. The van der Waals surface area contributed by atoms with Gasteiger partial charge in [0.25, 0.3) is 0 Å². The van der Waals surface area contributed by atoms with Crippen LogP contribution in [-0.4, -0.2) is 43.2 Å². The first-order chi connectivity index (χ1) is 11.7. The van der Waals surface area contributed by atoms with Crippen molar-refractivity contribution in [1.29, 1.82) is 0 Å². The van der Waals surface area contributed by atoms with Gasteiger partial charge in [0.2, 0.25) is 0 Å². The first-order valence-corrected chi connectivity index (χ1v) is 6.67. The molecule has 0 radical (unpaired) electrons. The maximum absolute atomic E-state index is 12.1. The second-order valence-corrected chi connectivity index (χ2v) is 5.11. The van der Waals surface area contributed by atoms with Crippen molar-refractivity contribution >= 4 is 39.7 Å². The molecule has 0 atom stereocenters. The highest BCUT2D eigenvalue weighted by molar-refractivity contribution is 6.14. The lowest BCUT2D eigenvalue weighted by Crippen LogP contribution is -2.16. The Morgan fingerprint density at radius 2 is 1.08 bits per heavy atom. The van der Waals surface area contributed by atoms with Crippen molar-refractivity contribution in [3.8, 4) is 0 Å². The largest absolute Gasteiger partial charge is 0.478 e. The SMILES string of the molecule is O=C(O)c1cc(=O)c2cc3c(=O)cc(C(=O)O)[nH]c3c(C(=O)O)c2[nH]1. The lowest BCUT2D eigenvalue weighted by atomic mass is 10.0. The van der Waals surface area contributed by atoms with E-state index in [0.29, 0.717) is 0 Å². The van der Waals surface area contributed by atoms with E-state index in [2.05, 4.69) is 9.97 Å². The quantitative estimate of drug-likeness (QED) is 0.425. The molecule has 2 aromatic heterocycles. The first-order valence-electron chi connectivity index (χ1n) is 6.67. The van der Waals surface area contributed by atoms with E-state index in [1.54, 1.807) is 0 Å². The van der Waals surface area contributed by atoms with E-state index in [-0.39, 0.29) is 21.8 Å². The molecule has 0 unspecified atom stereocenters. The van der Waals surface area contributed by atoms with E-state index in [0.717, 1.165) is 18.2 Å². The average Bonchev–Trinajstić information content (AvgIpc) is 2.52. The van der Waals surface area contributed by atoms with Crippen molar-refractivity contribution in [3.63, 3.8) is 0 Å². The van der Waals surface area contributed by atoms with Gasteiger partial charge in [-0.15, -0.1) is 0 Å². The number of benzene rings is 1. The number of pyridine rings is 2. The predicted octanol–water partition coefficient (Wildman–Crippen LogP) is 0.464. The molecule has 126 valence electrons. The smallest absolute Gasteiger partial charge is 0.352 e. The summed E-state index contributed by atoms with van der Waals surface area (Å²) in [5, 5.41) is 27.1. The third kappa shape index (κ3) is 2.41. The minimum absolute atomic E-state index is 0.205. The summed E-state index contributed by atoms with van der Waals surface area (Å²) in [5.41, 5.74) is -3.94. The topological polar surface area (TPSA) is 178 Å². The predicted molar refractivity (Wildman–Crippen MR) is 83.6 cm³/mol. The third-order valence-corrected chi connectivity index (χ3v) is 3.60. The van der Waals surface area contributed by atoms with E-state index < -0.39 is 45.7 Å². The summed E-state index contributed by atoms with van der Waals surface area (Å²) in [6, 6.07) is 2.62. The van der Waals surface area contributed by atoms with Gasteiger partial charge in [-0.05, 0) is 6.07 Å². The molecule has 2 heterocycles. The molecule has 0 saturated carbocycles. The van der Waals surface area contributed by atoms with Crippen LogP contribution in [0.15, 0.2) is 27.8 Å². The van der Waals surface area contributed by atoms with Crippen molar-refractivity contribution in [2.24, 2.45) is 0 Å². The van der Waals surface area contributed by atoms with Gasteiger partial charge >= 0.3 is 17.9 Å². The van der Waals surface area contributed by atoms with Crippen LogP contribution in [-0.2, 0) is 0 Å². The molecule has 3 rings (SSSR count). The van der Waals surface area contributed by atoms with Crippen molar-refractivity contribution in [1.82, 2.24) is 9.97 Å². The second kappa shape index (κ2) is 5.30. The summed E-state index contributed by atoms with van der Waals surface area (Å²) in [6.07, 6.45) is 0. The number of rotatable bonds is 3. The molecule has 0 spiro atoms. The number of H-pyrrole nitrogens is 2. The lowest BCUT2D eigenvalue weighted by Gasteiger charge is -2.09. The molecule has 10 heteroatoms. The molecule has 10 nitrogen and oxygen atoms in total. The van der Waals surface area contributed by atoms with Gasteiger partial charge in [0.05, 0.1) is 11.0 Å². The van der Waals surface area contributed by atoms with E-state index in [9.17, 15) is 29.1 Å². The Bertz CT molecular complexity index is 1130. The van der Waals surface area contributed by atoms with Crippen LogP contribution >= 0.6 is 0 Å². The van der Waals surface area contributed by atoms with Crippen molar-refractivity contribution in [3.05, 3.63) is 55.6 Å². The zero-order valence-corrected chi connectivity index (χ0v) is 12.1. The Hall–Kier alpha value is -3.95. The first kappa shape index (κ1) is 15.9. The number of carboxylic acids is 3. The molecular formula is C15H8N2O8. The number of aromatic carboxylic acids is 3. The molecule has 0 saturated heterocycles. The number of carboxylic acid groups (broad SMARTS) is 3. The fraction of sp³-hybridized carbons (Fsp3) is 0. The number of nitrogens with one attached hydrogen (secondary N) is 2. The van der Waals surface area contributed by atoms with E-state index in [1.165, 1.54) is 0 Å². The normalized spacial score (nSPS) is 10.9. The summed E-state index contributed by atoms with van der Waals surface area (Å²) in [5.74, 6) is -4.54. The van der Waals surface area contributed by atoms with Crippen molar-refractivity contribution in [2.75, 3.05) is 0 Å². The maximum atomic E-state index is 12.1. The second-order valence-electron chi connectivity index (χ2n) is 5.11. The Kier molecular flexibility index (Phi) is 3.38. The van der Waals surface area contributed by atoms with Gasteiger partial charge in [0, 0.05) is 22.9 Å². The van der Waals surface area contributed by atoms with Gasteiger partial charge in [0.15, 0.2) is 10.9 Å². The Labute approximate surface area is 136 Å². The molecule has 0 amide bonds. The zero-order chi connectivity index (χ0) is 18.5. The monoisotopic (exact) mass is 344 g/mol. The number of hydrogen-bond donors (Lipinski definition) is 5. The highest BCUT2D eigenvalue weighted by atomic mass is 16.4. The molecule has 0 aliphatic carbocycles. The van der Waals surface area contributed by atoms with Crippen LogP contribution in [0.1, 0.15) is 31.3 Å². The summed E-state index contributed by atoms with van der Waals surface area (Å²) in [6.45, 7) is 0. The molecule has 0 aliphatic rings. The summed E-state index contributed by atoms with van der Waals surface area (Å²) < 4.78 is 0. The van der Waals surface area contributed by atoms with E-state index >= 15 is 0 Å². The minimum atomic E-state index is -1.58. The molecule has 1 aromatic carbocycles. The van der Waals surface area contributed by atoms with Crippen molar-refractivity contribution < 1.29 is 29.7 Å². The van der Waals surface area contributed by atoms with Gasteiger partial charge in [0.1, 0.15) is 17.0 Å². The Morgan fingerprint density at radius 3 is 1.40 bits per heavy atom. The lowest BCUT2D eigenvalue weighted by molar-refractivity contribution is 0.0680. The zero-order valence-electron chi connectivity index (χ0n) is 12.1. The Balaban J connectivity index is 2.65. The van der Waals surface area contributed by atoms with Gasteiger partial charge in [-0.2, -0.15) is 0 Å². The molecule has 5 N–H and O–H groups in total. The number of aromatic amines is 2. The molecule has 3 aromatic rings. The van der Waals surface area contributed by atoms with Gasteiger partial charge in [-0.1, -0.05) is 0 Å². The van der Waals surface area contributed by atoms with Crippen LogP contribution < -0.4 is 10.9 Å². The fourth-order valence-corrected chi connectivity index (χ4v) is 2.53. The van der Waals surface area contributed by atoms with Gasteiger partial charge in [-0.3, -0.25) is 9.59 Å². The Morgan fingerprint density at radius 1 is 0.680 bits per heavy atom. The molecular weight excluding hydrogens is 336 g/mol. The average molecular weight is 344 g/mol. The molecule has 25 heavy (non-hydrogen) atoms. The van der Waals surface area contributed by atoms with Gasteiger partial charge in [-0.25, -0.2) is 14.4 Å². The fourth-order valence-electron chi connectivity index (χ4n) is 2.53. The third-order valence-electron chi connectivity index (χ3n) is 3.60. The number of hydrogen-bond acceptors (Lipinski definition) is 5. The number of fused-ring (bicyclic) bond motifs is 2. The summed E-state index contributed by atoms with van der Waals surface area (Å²) in [4.78, 5) is 62.8. The molecule has 0 fully saturated rings. The van der Waals surface area contributed by atoms with E-state index in [1.807, 2.05) is 0 Å².